The SMILES string of the molecule is [2H]C1CC(Cl)CCC1C(F)(F)C(=O)NCC1CCC2C(=O)N(C3CCC(=O)NC3=O)CC2C1. The van der Waals surface area contributed by atoms with Gasteiger partial charge >= 0.3 is 5.92 Å². The van der Waals surface area contributed by atoms with Gasteiger partial charge in [0.2, 0.25) is 17.7 Å². The molecule has 0 aromatic heterocycles. The molecule has 2 aliphatic carbocycles. The Balaban J connectivity index is 1.30. The van der Waals surface area contributed by atoms with Gasteiger partial charge in [0.05, 0.1) is 0 Å². The first-order chi connectivity index (χ1) is 15.6. The minimum absolute atomic E-state index is 0.00397. The number of imide groups is 1. The first-order valence-corrected chi connectivity index (χ1v) is 11.9. The molecule has 4 rings (SSSR count). The molecule has 0 bridgehead atoms. The van der Waals surface area contributed by atoms with Gasteiger partial charge in [-0.15, -0.1) is 11.6 Å². The summed E-state index contributed by atoms with van der Waals surface area (Å²) in [5.74, 6) is -7.40. The van der Waals surface area contributed by atoms with E-state index in [0.29, 0.717) is 38.6 Å². The van der Waals surface area contributed by atoms with Crippen LogP contribution in [0.4, 0.5) is 8.78 Å². The number of likely N-dealkylation sites (tertiary alicyclic amines) is 1. The van der Waals surface area contributed by atoms with Crippen LogP contribution in [0.3, 0.4) is 0 Å². The van der Waals surface area contributed by atoms with Crippen LogP contribution in [0.5, 0.6) is 0 Å². The van der Waals surface area contributed by atoms with Crippen LogP contribution < -0.4 is 10.6 Å². The van der Waals surface area contributed by atoms with Crippen LogP contribution in [-0.4, -0.2) is 59.0 Å². The Morgan fingerprint density at radius 3 is 2.69 bits per heavy atom. The highest BCUT2D eigenvalue weighted by atomic mass is 35.5. The number of amides is 4. The third-order valence-corrected chi connectivity index (χ3v) is 7.89. The van der Waals surface area contributed by atoms with Crippen LogP contribution in [0.15, 0.2) is 0 Å². The van der Waals surface area contributed by atoms with Crippen LogP contribution >= 0.6 is 11.6 Å². The van der Waals surface area contributed by atoms with E-state index in [4.69, 9.17) is 13.0 Å². The molecule has 7 unspecified atom stereocenters. The Bertz CT molecular complexity index is 831. The largest absolute Gasteiger partial charge is 0.351 e. The molecule has 0 aromatic carbocycles. The maximum absolute atomic E-state index is 14.7. The normalized spacial score (nSPS) is 38.7. The van der Waals surface area contributed by atoms with Crippen molar-refractivity contribution in [1.82, 2.24) is 15.5 Å². The van der Waals surface area contributed by atoms with Crippen molar-refractivity contribution in [3.8, 4) is 0 Å². The lowest BCUT2D eigenvalue weighted by molar-refractivity contribution is -0.156. The monoisotopic (exact) mass is 474 g/mol. The molecule has 0 spiro atoms. The predicted octanol–water partition coefficient (Wildman–Crippen LogP) is 2.22. The number of hydrogen-bond acceptors (Lipinski definition) is 4. The molecule has 4 fully saturated rings. The molecule has 32 heavy (non-hydrogen) atoms. The van der Waals surface area contributed by atoms with Gasteiger partial charge in [-0.05, 0) is 63.2 Å². The standard InChI is InChI=1S/C22H30ClF2N3O4/c23-15-4-2-14(3-5-15)22(24,25)21(32)26-10-12-1-6-16-13(9-12)11-28(20(16)31)17-7-8-18(29)27-19(17)30/h12-17H,1-11H2,(H,26,32)(H,27,29,30)/i2D. The second-order valence-corrected chi connectivity index (χ2v) is 10.2. The number of carbonyl (C=O) groups is 4. The molecule has 4 amide bonds. The third kappa shape index (κ3) is 4.63. The van der Waals surface area contributed by atoms with E-state index in [2.05, 4.69) is 10.6 Å². The van der Waals surface area contributed by atoms with Crippen molar-refractivity contribution in [2.24, 2.45) is 23.7 Å². The molecular formula is C22H30ClF2N3O4. The topological polar surface area (TPSA) is 95.6 Å². The van der Waals surface area contributed by atoms with Crippen molar-refractivity contribution >= 4 is 35.2 Å². The van der Waals surface area contributed by atoms with Crippen molar-refractivity contribution in [1.29, 1.82) is 0 Å². The minimum Gasteiger partial charge on any atom is -0.351 e. The van der Waals surface area contributed by atoms with Crippen LogP contribution in [0.2, 0.25) is 0 Å². The number of halogens is 3. The second kappa shape index (κ2) is 9.23. The molecule has 0 radical (unpaired) electrons. The second-order valence-electron chi connectivity index (χ2n) is 9.59. The Morgan fingerprint density at radius 2 is 1.97 bits per heavy atom. The number of piperidine rings is 1. The molecule has 2 saturated carbocycles. The number of nitrogens with one attached hydrogen (secondary N) is 2. The summed E-state index contributed by atoms with van der Waals surface area (Å²) in [5.41, 5.74) is 0. The van der Waals surface area contributed by atoms with Gasteiger partial charge in [-0.3, -0.25) is 24.5 Å². The van der Waals surface area contributed by atoms with Crippen molar-refractivity contribution in [3.63, 3.8) is 0 Å². The summed E-state index contributed by atoms with van der Waals surface area (Å²) < 4.78 is 37.4. The number of fused-ring (bicyclic) bond motifs is 1. The fourth-order valence-corrected chi connectivity index (χ4v) is 5.88. The van der Waals surface area contributed by atoms with Crippen molar-refractivity contribution < 1.29 is 29.3 Å². The summed E-state index contributed by atoms with van der Waals surface area (Å²) >= 11 is 5.97. The Kier molecular flexibility index (Phi) is 6.36. The first kappa shape index (κ1) is 22.0. The lowest BCUT2D eigenvalue weighted by atomic mass is 9.75. The molecule has 2 aliphatic heterocycles. The Hall–Kier alpha value is -1.77. The number of hydrogen-bond donors (Lipinski definition) is 2. The van der Waals surface area contributed by atoms with Gasteiger partial charge in [-0.25, -0.2) is 0 Å². The maximum Gasteiger partial charge on any atom is 0.327 e. The zero-order chi connectivity index (χ0) is 23.9. The van der Waals surface area contributed by atoms with E-state index in [-0.39, 0.29) is 60.8 Å². The predicted molar refractivity (Wildman–Crippen MR) is 112 cm³/mol. The lowest BCUT2D eigenvalue weighted by Crippen LogP contribution is -2.53. The van der Waals surface area contributed by atoms with E-state index in [1.807, 2.05) is 0 Å². The van der Waals surface area contributed by atoms with E-state index in [1.165, 1.54) is 0 Å². The van der Waals surface area contributed by atoms with Gasteiger partial charge in [-0.2, -0.15) is 8.78 Å². The fraction of sp³-hybridized carbons (Fsp3) is 0.818. The fourth-order valence-electron chi connectivity index (χ4n) is 5.65. The van der Waals surface area contributed by atoms with Gasteiger partial charge in [0.1, 0.15) is 6.04 Å². The summed E-state index contributed by atoms with van der Waals surface area (Å²) in [6.45, 7) is 0.496. The summed E-state index contributed by atoms with van der Waals surface area (Å²) in [5, 5.41) is 4.38. The summed E-state index contributed by atoms with van der Waals surface area (Å²) in [7, 11) is 0. The molecule has 7 nitrogen and oxygen atoms in total. The smallest absolute Gasteiger partial charge is 0.327 e. The van der Waals surface area contributed by atoms with Crippen LogP contribution in [-0.2, 0) is 19.2 Å². The highest BCUT2D eigenvalue weighted by molar-refractivity contribution is 6.20. The molecule has 0 aromatic rings. The van der Waals surface area contributed by atoms with E-state index in [0.717, 1.165) is 0 Å². The number of nitrogens with zero attached hydrogens (tertiary/aromatic N) is 1. The summed E-state index contributed by atoms with van der Waals surface area (Å²) in [6, 6.07) is -0.640. The molecule has 178 valence electrons. The summed E-state index contributed by atoms with van der Waals surface area (Å²) in [6.07, 6.45) is 1.82. The van der Waals surface area contributed by atoms with E-state index in [1.54, 1.807) is 4.90 Å². The van der Waals surface area contributed by atoms with Gasteiger partial charge in [-0.1, -0.05) is 0 Å². The Labute approximate surface area is 192 Å². The van der Waals surface area contributed by atoms with Crippen molar-refractivity contribution in [3.05, 3.63) is 0 Å². The molecule has 4 aliphatic rings. The van der Waals surface area contributed by atoms with E-state index >= 15 is 0 Å². The van der Waals surface area contributed by atoms with Gasteiger partial charge in [0.25, 0.3) is 5.91 Å². The van der Waals surface area contributed by atoms with Gasteiger partial charge in [0.15, 0.2) is 0 Å². The average molecular weight is 475 g/mol. The molecule has 7 atom stereocenters. The quantitative estimate of drug-likeness (QED) is 0.471. The Morgan fingerprint density at radius 1 is 1.19 bits per heavy atom. The maximum atomic E-state index is 14.7. The highest BCUT2D eigenvalue weighted by Crippen LogP contribution is 2.42. The van der Waals surface area contributed by atoms with E-state index < -0.39 is 36.1 Å². The molecule has 10 heteroatoms. The molecule has 2 N–H and O–H groups in total. The highest BCUT2D eigenvalue weighted by Gasteiger charge is 2.50. The molecule has 2 saturated heterocycles. The average Bonchev–Trinajstić information content (AvgIpc) is 3.07. The summed E-state index contributed by atoms with van der Waals surface area (Å²) in [4.78, 5) is 50.3. The lowest BCUT2D eigenvalue weighted by Gasteiger charge is -2.32. The molecule has 2 heterocycles. The number of carbonyl (C=O) groups excluding carboxylic acids is 4. The van der Waals surface area contributed by atoms with Crippen LogP contribution in [0.25, 0.3) is 0 Å². The number of rotatable bonds is 5. The number of alkyl halides is 3. The third-order valence-electron chi connectivity index (χ3n) is 7.50. The van der Waals surface area contributed by atoms with Crippen molar-refractivity contribution in [2.45, 2.75) is 75.1 Å². The van der Waals surface area contributed by atoms with E-state index in [9.17, 15) is 28.0 Å². The minimum atomic E-state index is -3.62. The van der Waals surface area contributed by atoms with Gasteiger partial charge in [0, 0.05) is 38.1 Å². The van der Waals surface area contributed by atoms with Crippen LogP contribution in [0.1, 0.15) is 59.1 Å². The first-order valence-electron chi connectivity index (χ1n) is 12.0. The van der Waals surface area contributed by atoms with Crippen molar-refractivity contribution in [2.75, 3.05) is 13.1 Å². The van der Waals surface area contributed by atoms with Gasteiger partial charge < -0.3 is 10.2 Å². The molecular weight excluding hydrogens is 444 g/mol. The zero-order valence-corrected chi connectivity index (χ0v) is 18.6. The van der Waals surface area contributed by atoms with Crippen LogP contribution in [0, 0.1) is 23.7 Å². The zero-order valence-electron chi connectivity index (χ0n) is 18.8.